The second-order valence-electron chi connectivity index (χ2n) is 10.6. The van der Waals surface area contributed by atoms with Crippen molar-refractivity contribution >= 4 is 17.5 Å². The summed E-state index contributed by atoms with van der Waals surface area (Å²) in [6, 6.07) is 6.28. The molecule has 0 radical (unpaired) electrons. The van der Waals surface area contributed by atoms with Gasteiger partial charge in [0.2, 0.25) is 11.8 Å². The number of nitrogen functional groups attached to an aromatic ring is 1. The molecule has 0 spiro atoms. The van der Waals surface area contributed by atoms with Gasteiger partial charge in [-0.3, -0.25) is 9.59 Å². The van der Waals surface area contributed by atoms with Crippen LogP contribution in [0, 0.1) is 0 Å². The van der Waals surface area contributed by atoms with Crippen LogP contribution >= 0.6 is 0 Å². The Hall–Kier alpha value is -4.48. The number of aromatic hydroxyl groups is 1. The minimum Gasteiger partial charge on any atom is -0.506 e. The van der Waals surface area contributed by atoms with Crippen LogP contribution in [0.15, 0.2) is 43.1 Å². The summed E-state index contributed by atoms with van der Waals surface area (Å²) in [5.74, 6) is -0.487. The average molecular weight is 565 g/mol. The summed E-state index contributed by atoms with van der Waals surface area (Å²) < 4.78 is 31.3. The molecule has 2 aliphatic heterocycles. The van der Waals surface area contributed by atoms with E-state index in [-0.39, 0.29) is 41.9 Å². The van der Waals surface area contributed by atoms with E-state index in [0.29, 0.717) is 31.0 Å². The molecule has 3 N–H and O–H groups in total. The van der Waals surface area contributed by atoms with Gasteiger partial charge < -0.3 is 25.4 Å². The molecule has 3 aromatic rings. The number of alkyl halides is 2. The van der Waals surface area contributed by atoms with E-state index in [1.165, 1.54) is 12.5 Å². The third-order valence-corrected chi connectivity index (χ3v) is 8.31. The number of rotatable bonds is 6. The van der Waals surface area contributed by atoms with Crippen LogP contribution in [0.2, 0.25) is 0 Å². The number of ether oxygens (including phenoxy) is 1. The van der Waals surface area contributed by atoms with Crippen LogP contribution in [0.25, 0.3) is 5.69 Å². The Morgan fingerprint density at radius 1 is 1.20 bits per heavy atom. The Labute approximate surface area is 235 Å². The normalized spacial score (nSPS) is 18.5. The van der Waals surface area contributed by atoms with E-state index in [1.54, 1.807) is 14.5 Å². The molecule has 10 nitrogen and oxygen atoms in total. The first-order chi connectivity index (χ1) is 19.7. The molecular weight excluding hydrogens is 534 g/mol. The van der Waals surface area contributed by atoms with Gasteiger partial charge >= 0.3 is 6.61 Å². The van der Waals surface area contributed by atoms with Gasteiger partial charge in [0.1, 0.15) is 11.4 Å². The lowest BCUT2D eigenvalue weighted by Gasteiger charge is -2.38. The van der Waals surface area contributed by atoms with Crippen LogP contribution in [0.1, 0.15) is 64.1 Å². The fourth-order valence-electron chi connectivity index (χ4n) is 6.02. The maximum absolute atomic E-state index is 13.8. The number of hydrogen-bond acceptors (Lipinski definition) is 7. The number of phenolic OH excluding ortho intramolecular Hbond substituents is 1. The Kier molecular flexibility index (Phi) is 6.84. The number of halogens is 2. The molecule has 41 heavy (non-hydrogen) atoms. The summed E-state index contributed by atoms with van der Waals surface area (Å²) in [6.45, 7) is 1.39. The summed E-state index contributed by atoms with van der Waals surface area (Å²) in [6.07, 6.45) is 6.69. The molecular formula is C29H30F2N6O4. The van der Waals surface area contributed by atoms with Crippen molar-refractivity contribution in [3.63, 3.8) is 0 Å². The molecule has 3 aliphatic rings. The maximum Gasteiger partial charge on any atom is 0.388 e. The van der Waals surface area contributed by atoms with Gasteiger partial charge in [-0.2, -0.15) is 13.9 Å². The number of amides is 2. The Bertz CT molecular complexity index is 1540. The fraction of sp³-hybridized carbons (Fsp3) is 0.379. The number of benzene rings is 1. The van der Waals surface area contributed by atoms with Crippen LogP contribution in [0.4, 0.5) is 14.5 Å². The monoisotopic (exact) mass is 564 g/mol. The molecule has 4 heterocycles. The van der Waals surface area contributed by atoms with Gasteiger partial charge in [-0.1, -0.05) is 19.1 Å². The van der Waals surface area contributed by atoms with Crippen molar-refractivity contribution in [2.75, 3.05) is 25.4 Å². The number of carbonyl (C=O) groups excluding carboxylic acids is 2. The first-order valence-electron chi connectivity index (χ1n) is 13.6. The zero-order chi connectivity index (χ0) is 28.8. The average Bonchev–Trinajstić information content (AvgIpc) is 3.16. The molecule has 1 aromatic carbocycles. The van der Waals surface area contributed by atoms with E-state index in [0.717, 1.165) is 47.6 Å². The molecule has 2 amide bonds. The minimum atomic E-state index is -3.08. The molecule has 1 aliphatic carbocycles. The maximum atomic E-state index is 13.8. The number of anilines is 1. The third kappa shape index (κ3) is 4.76. The van der Waals surface area contributed by atoms with Crippen molar-refractivity contribution < 1.29 is 28.2 Å². The van der Waals surface area contributed by atoms with Crippen molar-refractivity contribution in [2.45, 2.75) is 50.7 Å². The van der Waals surface area contributed by atoms with Crippen molar-refractivity contribution in [2.24, 2.45) is 0 Å². The van der Waals surface area contributed by atoms with Crippen molar-refractivity contribution in [3.05, 3.63) is 71.2 Å². The number of pyridine rings is 1. The molecule has 12 heteroatoms. The molecule has 214 valence electrons. The summed E-state index contributed by atoms with van der Waals surface area (Å²) in [7, 11) is 0. The smallest absolute Gasteiger partial charge is 0.388 e. The zero-order valence-electron chi connectivity index (χ0n) is 22.3. The highest BCUT2D eigenvalue weighted by Gasteiger charge is 2.40. The first kappa shape index (κ1) is 26.7. The molecule has 6 rings (SSSR count). The molecule has 0 bridgehead atoms. The predicted octanol–water partition coefficient (Wildman–Crippen LogP) is 3.73. The number of nitrogens with two attached hydrogens (primary N) is 1. The van der Waals surface area contributed by atoms with Crippen LogP contribution in [0.3, 0.4) is 0 Å². The van der Waals surface area contributed by atoms with Gasteiger partial charge in [-0.05, 0) is 42.5 Å². The van der Waals surface area contributed by atoms with Gasteiger partial charge in [-0.25, -0.2) is 9.67 Å². The van der Waals surface area contributed by atoms with Crippen molar-refractivity contribution in [1.82, 2.24) is 24.6 Å². The van der Waals surface area contributed by atoms with E-state index in [1.807, 2.05) is 18.2 Å². The van der Waals surface area contributed by atoms with Gasteiger partial charge in [0.25, 0.3) is 5.91 Å². The number of phenols is 1. The second-order valence-corrected chi connectivity index (χ2v) is 10.6. The summed E-state index contributed by atoms with van der Waals surface area (Å²) in [5.41, 5.74) is 10.2. The SMILES string of the molecule is C=CC(=O)N1CCc2nn(-c3ccc(C4CCC4)cc3O)c3c2[C@H](C1)N(C(=O)c1cnc(OC(F)F)cc1N)CC3. The van der Waals surface area contributed by atoms with E-state index < -0.39 is 18.6 Å². The van der Waals surface area contributed by atoms with Crippen LogP contribution in [-0.4, -0.2) is 67.7 Å². The van der Waals surface area contributed by atoms with E-state index >= 15 is 0 Å². The lowest BCUT2D eigenvalue weighted by molar-refractivity contribution is -0.126. The highest BCUT2D eigenvalue weighted by molar-refractivity contribution is 5.99. The lowest BCUT2D eigenvalue weighted by Crippen LogP contribution is -2.46. The largest absolute Gasteiger partial charge is 0.506 e. The van der Waals surface area contributed by atoms with Crippen molar-refractivity contribution in [3.8, 4) is 17.3 Å². The van der Waals surface area contributed by atoms with Gasteiger partial charge in [0.15, 0.2) is 0 Å². The molecule has 2 aromatic heterocycles. The summed E-state index contributed by atoms with van der Waals surface area (Å²) >= 11 is 0. The van der Waals surface area contributed by atoms with Crippen molar-refractivity contribution in [1.29, 1.82) is 0 Å². The van der Waals surface area contributed by atoms with E-state index in [9.17, 15) is 23.5 Å². The number of aromatic nitrogens is 3. The minimum absolute atomic E-state index is 0.0408. The number of carbonyl (C=O) groups is 2. The van der Waals surface area contributed by atoms with Crippen LogP contribution in [-0.2, 0) is 17.6 Å². The Morgan fingerprint density at radius 2 is 2.00 bits per heavy atom. The van der Waals surface area contributed by atoms with Gasteiger partial charge in [0.05, 0.1) is 28.7 Å². The van der Waals surface area contributed by atoms with Crippen LogP contribution in [0.5, 0.6) is 11.6 Å². The summed E-state index contributed by atoms with van der Waals surface area (Å²) in [4.78, 5) is 33.6. The fourth-order valence-corrected chi connectivity index (χ4v) is 6.02. The van der Waals surface area contributed by atoms with E-state index in [2.05, 4.69) is 16.3 Å². The van der Waals surface area contributed by atoms with Gasteiger partial charge in [0, 0.05) is 50.3 Å². The molecule has 1 fully saturated rings. The summed E-state index contributed by atoms with van der Waals surface area (Å²) in [5, 5.41) is 15.9. The third-order valence-electron chi connectivity index (χ3n) is 8.31. The molecule has 0 saturated heterocycles. The second kappa shape index (κ2) is 10.5. The Morgan fingerprint density at radius 3 is 2.66 bits per heavy atom. The van der Waals surface area contributed by atoms with E-state index in [4.69, 9.17) is 10.8 Å². The topological polar surface area (TPSA) is 127 Å². The number of hydrogen-bond donors (Lipinski definition) is 2. The Balaban J connectivity index is 1.38. The quantitative estimate of drug-likeness (QED) is 0.437. The number of nitrogens with zero attached hydrogens (tertiary/aromatic N) is 5. The highest BCUT2D eigenvalue weighted by atomic mass is 19.3. The zero-order valence-corrected chi connectivity index (χ0v) is 22.3. The lowest BCUT2D eigenvalue weighted by atomic mass is 9.80. The molecule has 0 unspecified atom stereocenters. The molecule has 1 atom stereocenters. The van der Waals surface area contributed by atoms with Crippen LogP contribution < -0.4 is 10.5 Å². The van der Waals surface area contributed by atoms with Gasteiger partial charge in [-0.15, -0.1) is 0 Å². The molecule has 1 saturated carbocycles. The predicted molar refractivity (Wildman–Crippen MR) is 145 cm³/mol. The highest BCUT2D eigenvalue weighted by Crippen LogP contribution is 2.41. The first-order valence-corrected chi connectivity index (χ1v) is 13.6. The standard InChI is InChI=1S/C29H30F2N6O4/c1-2-26(39)35-10-8-20-27-22(37(34-20)21-7-6-17(12-24(21)38)16-4-3-5-16)9-11-36(23(27)15-35)28(40)18-14-33-25(13-19(18)32)41-29(30)31/h2,6-7,12-14,16,23,29,38H,1,3-5,8-11,15H2,(H2,32,33)/t23-/m0/s1.